The highest BCUT2D eigenvalue weighted by molar-refractivity contribution is 9.10. The van der Waals surface area contributed by atoms with Gasteiger partial charge in [0.2, 0.25) is 0 Å². The average Bonchev–Trinajstić information content (AvgIpc) is 2.17. The fourth-order valence-electron chi connectivity index (χ4n) is 1.54. The molecule has 0 atom stereocenters. The van der Waals surface area contributed by atoms with Crippen molar-refractivity contribution >= 4 is 27.5 Å². The first-order chi connectivity index (χ1) is 8.05. The van der Waals surface area contributed by atoms with Crippen LogP contribution in [0, 0.1) is 0 Å². The SMILES string of the molecule is CC(C)(C)N(C(=O)C(F)(F)F)c1ccccc1Br. The molecule has 6 heteroatoms. The second-order valence-corrected chi connectivity index (χ2v) is 5.61. The van der Waals surface area contributed by atoms with Crippen LogP contribution in [-0.4, -0.2) is 17.6 Å². The molecule has 18 heavy (non-hydrogen) atoms. The quantitative estimate of drug-likeness (QED) is 0.760. The Morgan fingerprint density at radius 3 is 2.06 bits per heavy atom. The normalized spacial score (nSPS) is 12.4. The number of hydrogen-bond donors (Lipinski definition) is 0. The maximum absolute atomic E-state index is 12.6. The summed E-state index contributed by atoms with van der Waals surface area (Å²) in [5.41, 5.74) is -0.774. The molecule has 0 spiro atoms. The fraction of sp³-hybridized carbons (Fsp3) is 0.417. The van der Waals surface area contributed by atoms with E-state index in [-0.39, 0.29) is 5.69 Å². The molecule has 0 saturated carbocycles. The van der Waals surface area contributed by atoms with Gasteiger partial charge in [0.15, 0.2) is 0 Å². The summed E-state index contributed by atoms with van der Waals surface area (Å²) in [4.78, 5) is 12.3. The van der Waals surface area contributed by atoms with Crippen LogP contribution in [0.15, 0.2) is 28.7 Å². The van der Waals surface area contributed by atoms with E-state index >= 15 is 0 Å². The minimum Gasteiger partial charge on any atom is -0.298 e. The second kappa shape index (κ2) is 4.91. The van der Waals surface area contributed by atoms with Crippen molar-refractivity contribution < 1.29 is 18.0 Å². The van der Waals surface area contributed by atoms with Crippen LogP contribution in [0.3, 0.4) is 0 Å². The number of carbonyl (C=O) groups excluding carboxylic acids is 1. The summed E-state index contributed by atoms with van der Waals surface area (Å²) >= 11 is 3.16. The van der Waals surface area contributed by atoms with E-state index in [1.165, 1.54) is 6.07 Å². The van der Waals surface area contributed by atoms with Crippen LogP contribution in [0.5, 0.6) is 0 Å². The van der Waals surface area contributed by atoms with E-state index in [0.29, 0.717) is 4.47 Å². The Morgan fingerprint density at radius 2 is 1.67 bits per heavy atom. The minimum atomic E-state index is -4.90. The van der Waals surface area contributed by atoms with Gasteiger partial charge in [0, 0.05) is 10.0 Å². The number of hydrogen-bond acceptors (Lipinski definition) is 1. The third kappa shape index (κ3) is 3.25. The summed E-state index contributed by atoms with van der Waals surface area (Å²) in [5.74, 6) is -1.87. The van der Waals surface area contributed by atoms with Gasteiger partial charge in [0.05, 0.1) is 5.69 Å². The summed E-state index contributed by atoms with van der Waals surface area (Å²) in [6.07, 6.45) is -4.90. The maximum atomic E-state index is 12.6. The number of amides is 1. The van der Waals surface area contributed by atoms with Gasteiger partial charge in [-0.1, -0.05) is 12.1 Å². The highest BCUT2D eigenvalue weighted by atomic mass is 79.9. The van der Waals surface area contributed by atoms with Gasteiger partial charge in [-0.3, -0.25) is 9.69 Å². The highest BCUT2D eigenvalue weighted by Crippen LogP contribution is 2.34. The Morgan fingerprint density at radius 1 is 1.17 bits per heavy atom. The van der Waals surface area contributed by atoms with E-state index in [1.807, 2.05) is 0 Å². The number of carbonyl (C=O) groups is 1. The van der Waals surface area contributed by atoms with Crippen LogP contribution in [0.2, 0.25) is 0 Å². The lowest BCUT2D eigenvalue weighted by Crippen LogP contribution is -2.51. The topological polar surface area (TPSA) is 20.3 Å². The molecule has 0 heterocycles. The van der Waals surface area contributed by atoms with E-state index in [1.54, 1.807) is 39.0 Å². The minimum absolute atomic E-state index is 0.201. The number of halogens is 4. The van der Waals surface area contributed by atoms with Crippen LogP contribution in [0.25, 0.3) is 0 Å². The zero-order valence-electron chi connectivity index (χ0n) is 10.2. The molecule has 2 nitrogen and oxygen atoms in total. The number of anilines is 1. The maximum Gasteiger partial charge on any atom is 0.471 e. The Kier molecular flexibility index (Phi) is 4.10. The molecule has 0 bridgehead atoms. The van der Waals surface area contributed by atoms with Gasteiger partial charge in [-0.2, -0.15) is 13.2 Å². The second-order valence-electron chi connectivity index (χ2n) is 4.76. The van der Waals surface area contributed by atoms with Gasteiger partial charge in [-0.05, 0) is 48.8 Å². The Hall–Kier alpha value is -1.04. The lowest BCUT2D eigenvalue weighted by Gasteiger charge is -2.36. The number of benzene rings is 1. The molecule has 1 amide bonds. The van der Waals surface area contributed by atoms with Crippen LogP contribution in [0.1, 0.15) is 20.8 Å². The van der Waals surface area contributed by atoms with Crippen molar-refractivity contribution in [3.05, 3.63) is 28.7 Å². The van der Waals surface area contributed by atoms with E-state index in [4.69, 9.17) is 0 Å². The Bertz CT molecular complexity index is 451. The summed E-state index contributed by atoms with van der Waals surface area (Å²) in [5, 5.41) is 0. The third-order valence-electron chi connectivity index (χ3n) is 2.21. The van der Waals surface area contributed by atoms with Gasteiger partial charge in [-0.15, -0.1) is 0 Å². The van der Waals surface area contributed by atoms with E-state index in [9.17, 15) is 18.0 Å². The van der Waals surface area contributed by atoms with Gasteiger partial charge >= 0.3 is 12.1 Å². The fourth-order valence-corrected chi connectivity index (χ4v) is 2.00. The molecule has 1 aromatic rings. The van der Waals surface area contributed by atoms with Gasteiger partial charge in [0.25, 0.3) is 0 Å². The summed E-state index contributed by atoms with van der Waals surface area (Å²) in [7, 11) is 0. The first-order valence-electron chi connectivity index (χ1n) is 5.21. The number of alkyl halides is 3. The molecule has 0 saturated heterocycles. The monoisotopic (exact) mass is 323 g/mol. The van der Waals surface area contributed by atoms with Crippen molar-refractivity contribution in [1.29, 1.82) is 0 Å². The average molecular weight is 324 g/mol. The van der Waals surface area contributed by atoms with E-state index in [0.717, 1.165) is 4.90 Å². The third-order valence-corrected chi connectivity index (χ3v) is 2.88. The standard InChI is InChI=1S/C12H13BrF3NO/c1-11(2,3)17(10(18)12(14,15)16)9-7-5-4-6-8(9)13/h4-7H,1-3H3. The van der Waals surface area contributed by atoms with Crippen molar-refractivity contribution in [3.63, 3.8) is 0 Å². The van der Waals surface area contributed by atoms with Crippen LogP contribution in [-0.2, 0) is 4.79 Å². The van der Waals surface area contributed by atoms with Crippen molar-refractivity contribution in [2.75, 3.05) is 4.90 Å². The summed E-state index contributed by atoms with van der Waals surface area (Å²) < 4.78 is 38.4. The molecule has 0 fully saturated rings. The molecule has 0 aliphatic carbocycles. The molecular weight excluding hydrogens is 311 g/mol. The lowest BCUT2D eigenvalue weighted by molar-refractivity contribution is -0.171. The van der Waals surface area contributed by atoms with Crippen LogP contribution >= 0.6 is 15.9 Å². The van der Waals surface area contributed by atoms with Crippen LogP contribution in [0.4, 0.5) is 18.9 Å². The molecule has 100 valence electrons. The first-order valence-corrected chi connectivity index (χ1v) is 6.00. The summed E-state index contributed by atoms with van der Waals surface area (Å²) in [6.45, 7) is 4.66. The molecular formula is C12H13BrF3NO. The molecule has 0 radical (unpaired) electrons. The Labute approximate surface area is 112 Å². The molecule has 0 unspecified atom stereocenters. The predicted molar refractivity (Wildman–Crippen MR) is 67.4 cm³/mol. The van der Waals surface area contributed by atoms with E-state index in [2.05, 4.69) is 15.9 Å². The Balaban J connectivity index is 3.33. The molecule has 1 aromatic carbocycles. The van der Waals surface area contributed by atoms with Crippen molar-refractivity contribution in [1.82, 2.24) is 0 Å². The predicted octanol–water partition coefficient (Wildman–Crippen LogP) is 4.14. The zero-order valence-corrected chi connectivity index (χ0v) is 11.8. The zero-order chi connectivity index (χ0) is 14.1. The smallest absolute Gasteiger partial charge is 0.298 e. The first kappa shape index (κ1) is 15.0. The number of para-hydroxylation sites is 1. The molecule has 0 N–H and O–H groups in total. The largest absolute Gasteiger partial charge is 0.471 e. The van der Waals surface area contributed by atoms with Crippen molar-refractivity contribution in [2.45, 2.75) is 32.5 Å². The van der Waals surface area contributed by atoms with Gasteiger partial charge in [0.1, 0.15) is 0 Å². The van der Waals surface area contributed by atoms with Crippen molar-refractivity contribution in [2.24, 2.45) is 0 Å². The molecule has 0 aliphatic heterocycles. The molecule has 0 aromatic heterocycles. The van der Waals surface area contributed by atoms with Gasteiger partial charge in [-0.25, -0.2) is 0 Å². The van der Waals surface area contributed by atoms with E-state index < -0.39 is 17.6 Å². The summed E-state index contributed by atoms with van der Waals surface area (Å²) in [6, 6.07) is 6.33. The van der Waals surface area contributed by atoms with Gasteiger partial charge < -0.3 is 0 Å². The number of rotatable bonds is 1. The van der Waals surface area contributed by atoms with Crippen LogP contribution < -0.4 is 4.90 Å². The lowest BCUT2D eigenvalue weighted by atomic mass is 10.0. The molecule has 1 rings (SSSR count). The highest BCUT2D eigenvalue weighted by Gasteiger charge is 2.46. The molecule has 0 aliphatic rings. The number of nitrogens with zero attached hydrogens (tertiary/aromatic N) is 1. The van der Waals surface area contributed by atoms with Crippen molar-refractivity contribution in [3.8, 4) is 0 Å².